The van der Waals surface area contributed by atoms with E-state index in [2.05, 4.69) is 10.3 Å². The lowest BCUT2D eigenvalue weighted by Crippen LogP contribution is -2.51. The van der Waals surface area contributed by atoms with E-state index in [1.807, 2.05) is 6.92 Å². The van der Waals surface area contributed by atoms with Gasteiger partial charge in [-0.05, 0) is 32.3 Å². The Morgan fingerprint density at radius 2 is 2.33 bits per heavy atom. The molecule has 1 aromatic heterocycles. The van der Waals surface area contributed by atoms with Crippen LogP contribution < -0.4 is 5.32 Å². The van der Waals surface area contributed by atoms with Gasteiger partial charge in [-0.25, -0.2) is 4.39 Å². The highest BCUT2D eigenvalue weighted by Gasteiger charge is 2.33. The minimum Gasteiger partial charge on any atom is -0.347 e. The monoisotopic (exact) mass is 208 g/mol. The fraction of sp³-hybridized carbons (Fsp3) is 0.455. The molecule has 1 amide bonds. The van der Waals surface area contributed by atoms with Crippen molar-refractivity contribution in [3.8, 4) is 0 Å². The van der Waals surface area contributed by atoms with E-state index in [0.717, 1.165) is 25.5 Å². The second-order valence-corrected chi connectivity index (χ2v) is 4.22. The molecule has 80 valence electrons. The number of nitrogens with zero attached hydrogens (tertiary/aromatic N) is 1. The van der Waals surface area contributed by atoms with E-state index in [1.54, 1.807) is 0 Å². The van der Waals surface area contributed by atoms with Gasteiger partial charge in [0.25, 0.3) is 5.91 Å². The van der Waals surface area contributed by atoms with Crippen LogP contribution in [0, 0.1) is 5.82 Å². The fourth-order valence-electron chi connectivity index (χ4n) is 1.73. The van der Waals surface area contributed by atoms with Crippen LogP contribution in [-0.2, 0) is 0 Å². The zero-order chi connectivity index (χ0) is 10.9. The number of carbonyl (C=O) groups is 1. The minimum atomic E-state index is -0.571. The van der Waals surface area contributed by atoms with Gasteiger partial charge in [0.1, 0.15) is 0 Å². The van der Waals surface area contributed by atoms with E-state index in [4.69, 9.17) is 0 Å². The van der Waals surface area contributed by atoms with Crippen molar-refractivity contribution < 1.29 is 9.18 Å². The Kier molecular flexibility index (Phi) is 2.42. The number of hydrogen-bond donors (Lipinski definition) is 1. The predicted molar refractivity (Wildman–Crippen MR) is 53.9 cm³/mol. The van der Waals surface area contributed by atoms with Crippen molar-refractivity contribution in [2.75, 3.05) is 0 Å². The zero-order valence-electron chi connectivity index (χ0n) is 8.59. The molecule has 0 bridgehead atoms. The molecule has 0 radical (unpaired) electrons. The van der Waals surface area contributed by atoms with Crippen molar-refractivity contribution in [3.05, 3.63) is 29.8 Å². The first-order valence-corrected chi connectivity index (χ1v) is 5.03. The Morgan fingerprint density at radius 3 is 2.87 bits per heavy atom. The van der Waals surface area contributed by atoms with E-state index in [1.165, 1.54) is 12.3 Å². The van der Waals surface area contributed by atoms with Crippen LogP contribution in [0.5, 0.6) is 0 Å². The molecule has 0 atom stereocenters. The van der Waals surface area contributed by atoms with Crippen molar-refractivity contribution in [2.45, 2.75) is 31.7 Å². The molecule has 2 rings (SSSR count). The van der Waals surface area contributed by atoms with Crippen LogP contribution in [0.3, 0.4) is 0 Å². The number of aromatic nitrogens is 1. The topological polar surface area (TPSA) is 42.0 Å². The Balaban J connectivity index is 2.11. The molecule has 0 aromatic carbocycles. The first kappa shape index (κ1) is 10.1. The zero-order valence-corrected chi connectivity index (χ0v) is 8.59. The molecule has 1 aromatic rings. The number of halogens is 1. The van der Waals surface area contributed by atoms with Crippen LogP contribution in [0.25, 0.3) is 0 Å². The second-order valence-electron chi connectivity index (χ2n) is 4.22. The van der Waals surface area contributed by atoms with Gasteiger partial charge in [-0.15, -0.1) is 0 Å². The summed E-state index contributed by atoms with van der Waals surface area (Å²) >= 11 is 0. The van der Waals surface area contributed by atoms with Gasteiger partial charge >= 0.3 is 0 Å². The summed E-state index contributed by atoms with van der Waals surface area (Å²) in [5.74, 6) is -0.921. The van der Waals surface area contributed by atoms with E-state index in [9.17, 15) is 9.18 Å². The lowest BCUT2D eigenvalue weighted by atomic mass is 9.78. The van der Waals surface area contributed by atoms with Crippen LogP contribution >= 0.6 is 0 Å². The van der Waals surface area contributed by atoms with Gasteiger partial charge in [0, 0.05) is 11.7 Å². The Bertz CT molecular complexity index is 388. The smallest absolute Gasteiger partial charge is 0.254 e. The van der Waals surface area contributed by atoms with Crippen LogP contribution in [0.4, 0.5) is 4.39 Å². The number of hydrogen-bond acceptors (Lipinski definition) is 2. The third kappa shape index (κ3) is 1.98. The molecular formula is C11H13FN2O. The maximum Gasteiger partial charge on any atom is 0.254 e. The maximum atomic E-state index is 13.2. The Labute approximate surface area is 87.7 Å². The normalized spacial score (nSPS) is 18.0. The predicted octanol–water partition coefficient (Wildman–Crippen LogP) is 1.89. The van der Waals surface area contributed by atoms with E-state index in [0.29, 0.717) is 0 Å². The first-order chi connectivity index (χ1) is 7.11. The van der Waals surface area contributed by atoms with Crippen LogP contribution in [0.2, 0.25) is 0 Å². The van der Waals surface area contributed by atoms with Crippen LogP contribution in [0.1, 0.15) is 36.5 Å². The summed E-state index contributed by atoms with van der Waals surface area (Å²) in [4.78, 5) is 15.3. The third-order valence-electron chi connectivity index (χ3n) is 2.89. The largest absolute Gasteiger partial charge is 0.347 e. The summed E-state index contributed by atoms with van der Waals surface area (Å²) < 4.78 is 13.2. The highest BCUT2D eigenvalue weighted by molar-refractivity contribution is 5.94. The number of rotatable bonds is 2. The second kappa shape index (κ2) is 3.61. The van der Waals surface area contributed by atoms with Gasteiger partial charge < -0.3 is 5.32 Å². The summed E-state index contributed by atoms with van der Waals surface area (Å²) in [5.41, 5.74) is -0.0783. The molecule has 0 spiro atoms. The lowest BCUT2D eigenvalue weighted by Gasteiger charge is -2.39. The maximum absolute atomic E-state index is 13.2. The summed E-state index contributed by atoms with van der Waals surface area (Å²) in [6, 6.07) is 1.40. The lowest BCUT2D eigenvalue weighted by molar-refractivity contribution is 0.0846. The molecule has 1 N–H and O–H groups in total. The van der Waals surface area contributed by atoms with Crippen LogP contribution in [0.15, 0.2) is 18.5 Å². The van der Waals surface area contributed by atoms with E-state index in [-0.39, 0.29) is 17.0 Å². The third-order valence-corrected chi connectivity index (χ3v) is 2.89. The van der Waals surface area contributed by atoms with Crippen molar-refractivity contribution in [1.82, 2.24) is 10.3 Å². The molecular weight excluding hydrogens is 195 g/mol. The molecule has 15 heavy (non-hydrogen) atoms. The summed E-state index contributed by atoms with van der Waals surface area (Å²) in [6.45, 7) is 1.98. The Morgan fingerprint density at radius 1 is 1.60 bits per heavy atom. The SMILES string of the molecule is CC1(NC(=O)c2ccncc2F)CCC1. The van der Waals surface area contributed by atoms with Crippen molar-refractivity contribution in [3.63, 3.8) is 0 Å². The molecule has 1 saturated carbocycles. The Hall–Kier alpha value is -1.45. The summed E-state index contributed by atoms with van der Waals surface area (Å²) in [5, 5.41) is 2.84. The summed E-state index contributed by atoms with van der Waals surface area (Å²) in [6.07, 6.45) is 5.52. The first-order valence-electron chi connectivity index (χ1n) is 5.03. The fourth-order valence-corrected chi connectivity index (χ4v) is 1.73. The molecule has 0 aliphatic heterocycles. The molecule has 1 fully saturated rings. The average molecular weight is 208 g/mol. The highest BCUT2D eigenvalue weighted by atomic mass is 19.1. The van der Waals surface area contributed by atoms with Gasteiger partial charge in [-0.3, -0.25) is 9.78 Å². The van der Waals surface area contributed by atoms with E-state index >= 15 is 0 Å². The number of nitrogens with one attached hydrogen (secondary N) is 1. The molecule has 1 heterocycles. The molecule has 3 nitrogen and oxygen atoms in total. The van der Waals surface area contributed by atoms with Crippen molar-refractivity contribution >= 4 is 5.91 Å². The van der Waals surface area contributed by atoms with Gasteiger partial charge in [0.2, 0.25) is 0 Å². The molecule has 4 heteroatoms. The number of pyridine rings is 1. The van der Waals surface area contributed by atoms with Gasteiger partial charge in [0.05, 0.1) is 11.8 Å². The number of carbonyl (C=O) groups excluding carboxylic acids is 1. The molecule has 0 unspecified atom stereocenters. The summed E-state index contributed by atoms with van der Waals surface area (Å²) in [7, 11) is 0. The van der Waals surface area contributed by atoms with Gasteiger partial charge in [0.15, 0.2) is 5.82 Å². The van der Waals surface area contributed by atoms with Crippen molar-refractivity contribution in [1.29, 1.82) is 0 Å². The van der Waals surface area contributed by atoms with E-state index < -0.39 is 5.82 Å². The van der Waals surface area contributed by atoms with Crippen LogP contribution in [-0.4, -0.2) is 16.4 Å². The van der Waals surface area contributed by atoms with Gasteiger partial charge in [-0.2, -0.15) is 0 Å². The molecule has 0 saturated heterocycles. The minimum absolute atomic E-state index is 0.0677. The number of amides is 1. The standard InChI is InChI=1S/C11H13FN2O/c1-11(4-2-5-11)14-10(15)8-3-6-13-7-9(8)12/h3,6-7H,2,4-5H2,1H3,(H,14,15). The molecule has 1 aliphatic carbocycles. The van der Waals surface area contributed by atoms with Crippen molar-refractivity contribution in [2.24, 2.45) is 0 Å². The molecule has 1 aliphatic rings. The highest BCUT2D eigenvalue weighted by Crippen LogP contribution is 2.31. The quantitative estimate of drug-likeness (QED) is 0.806. The average Bonchev–Trinajstić information content (AvgIpc) is 2.16. The van der Waals surface area contributed by atoms with Gasteiger partial charge in [-0.1, -0.05) is 0 Å².